The Hall–Kier alpha value is -3.83. The molecule has 0 aliphatic carbocycles. The molecule has 2 rings (SSSR count). The Morgan fingerprint density at radius 1 is 1.13 bits per heavy atom. The highest BCUT2D eigenvalue weighted by Gasteiger charge is 2.30. The number of non-ortho nitro benzene ring substituents is 1. The van der Waals surface area contributed by atoms with E-state index in [0.717, 1.165) is 30.3 Å². The number of amides is 1. The highest BCUT2D eigenvalue weighted by Crippen LogP contribution is 2.31. The van der Waals surface area contributed by atoms with Crippen molar-refractivity contribution in [3.8, 4) is 11.5 Å². The van der Waals surface area contributed by atoms with Gasteiger partial charge in [0.2, 0.25) is 0 Å². The molecule has 0 saturated carbocycles. The minimum Gasteiger partial charge on any atom is -0.494 e. The van der Waals surface area contributed by atoms with E-state index in [-0.39, 0.29) is 22.9 Å². The number of hydrogen-bond acceptors (Lipinski definition) is 7. The fourth-order valence-corrected chi connectivity index (χ4v) is 2.18. The van der Waals surface area contributed by atoms with Crippen molar-refractivity contribution in [1.29, 1.82) is 0 Å². The molecular formula is C18H15F3N2O7. The molecule has 9 nitrogen and oxygen atoms in total. The first-order chi connectivity index (χ1) is 14.1. The number of alkyl halides is 3. The predicted molar refractivity (Wildman–Crippen MR) is 96.2 cm³/mol. The monoisotopic (exact) mass is 428 g/mol. The van der Waals surface area contributed by atoms with Crippen LogP contribution < -0.4 is 14.8 Å². The zero-order valence-corrected chi connectivity index (χ0v) is 15.4. The lowest BCUT2D eigenvalue weighted by atomic mass is 10.2. The second-order valence-corrected chi connectivity index (χ2v) is 5.66. The molecule has 0 aliphatic rings. The molecule has 0 atom stereocenters. The lowest BCUT2D eigenvalue weighted by Gasteiger charge is -2.11. The van der Waals surface area contributed by atoms with Gasteiger partial charge in [0.1, 0.15) is 11.5 Å². The van der Waals surface area contributed by atoms with E-state index in [1.807, 2.05) is 0 Å². The SMILES string of the molecule is COc1cc([N+](=O)[O-])ccc1NC(=O)COC(=O)COc1cccc(C(F)(F)F)c1. The Morgan fingerprint density at radius 2 is 1.87 bits per heavy atom. The number of nitrogens with one attached hydrogen (secondary N) is 1. The normalized spacial score (nSPS) is 10.8. The van der Waals surface area contributed by atoms with Gasteiger partial charge < -0.3 is 19.5 Å². The molecule has 2 aromatic carbocycles. The predicted octanol–water partition coefficient (Wildman–Crippen LogP) is 3.18. The fraction of sp³-hybridized carbons (Fsp3) is 0.222. The molecule has 0 saturated heterocycles. The maximum atomic E-state index is 12.6. The number of nitro groups is 1. The summed E-state index contributed by atoms with van der Waals surface area (Å²) in [7, 11) is 1.25. The summed E-state index contributed by atoms with van der Waals surface area (Å²) in [5, 5.41) is 13.1. The Labute approximate surface area is 167 Å². The summed E-state index contributed by atoms with van der Waals surface area (Å²) in [4.78, 5) is 33.6. The van der Waals surface area contributed by atoms with Crippen molar-refractivity contribution in [2.45, 2.75) is 6.18 Å². The van der Waals surface area contributed by atoms with Gasteiger partial charge in [-0.15, -0.1) is 0 Å². The van der Waals surface area contributed by atoms with E-state index in [2.05, 4.69) is 10.1 Å². The lowest BCUT2D eigenvalue weighted by molar-refractivity contribution is -0.384. The van der Waals surface area contributed by atoms with Crippen LogP contribution in [0.4, 0.5) is 24.5 Å². The number of halogens is 3. The van der Waals surface area contributed by atoms with E-state index in [9.17, 15) is 32.9 Å². The van der Waals surface area contributed by atoms with Gasteiger partial charge in [0, 0.05) is 6.07 Å². The van der Waals surface area contributed by atoms with E-state index < -0.39 is 41.8 Å². The van der Waals surface area contributed by atoms with Crippen LogP contribution in [0.1, 0.15) is 5.56 Å². The molecular weight excluding hydrogens is 413 g/mol. The Morgan fingerprint density at radius 3 is 2.50 bits per heavy atom. The van der Waals surface area contributed by atoms with Crippen LogP contribution in [0.3, 0.4) is 0 Å². The van der Waals surface area contributed by atoms with E-state index in [1.54, 1.807) is 0 Å². The largest absolute Gasteiger partial charge is 0.494 e. The summed E-state index contributed by atoms with van der Waals surface area (Å²) in [6.07, 6.45) is -4.56. The van der Waals surface area contributed by atoms with Crippen LogP contribution >= 0.6 is 0 Å². The van der Waals surface area contributed by atoms with Crippen molar-refractivity contribution in [1.82, 2.24) is 0 Å². The smallest absolute Gasteiger partial charge is 0.416 e. The average molecular weight is 428 g/mol. The third-order valence-corrected chi connectivity index (χ3v) is 3.55. The molecule has 0 unspecified atom stereocenters. The quantitative estimate of drug-likeness (QED) is 0.390. The first kappa shape index (κ1) is 22.5. The van der Waals surface area contributed by atoms with Crippen molar-refractivity contribution in [2.75, 3.05) is 25.6 Å². The molecule has 0 aromatic heterocycles. The number of hydrogen-bond donors (Lipinski definition) is 1. The molecule has 0 heterocycles. The topological polar surface area (TPSA) is 117 Å². The molecule has 0 aliphatic heterocycles. The van der Waals surface area contributed by atoms with Crippen molar-refractivity contribution in [3.63, 3.8) is 0 Å². The Kier molecular flexibility index (Phi) is 7.17. The van der Waals surface area contributed by atoms with Gasteiger partial charge in [-0.25, -0.2) is 4.79 Å². The molecule has 160 valence electrons. The van der Waals surface area contributed by atoms with Crippen molar-refractivity contribution in [2.24, 2.45) is 0 Å². The summed E-state index contributed by atoms with van der Waals surface area (Å²) in [5.41, 5.74) is -1.07. The number of carbonyl (C=O) groups is 2. The molecule has 2 aromatic rings. The minimum atomic E-state index is -4.56. The van der Waals surface area contributed by atoms with Gasteiger partial charge in [0.05, 0.1) is 29.4 Å². The number of rotatable bonds is 8. The van der Waals surface area contributed by atoms with Gasteiger partial charge in [-0.2, -0.15) is 13.2 Å². The summed E-state index contributed by atoms with van der Waals surface area (Å²) in [6.45, 7) is -1.43. The second-order valence-electron chi connectivity index (χ2n) is 5.66. The number of benzene rings is 2. The Balaban J connectivity index is 1.85. The highest BCUT2D eigenvalue weighted by molar-refractivity contribution is 5.94. The van der Waals surface area contributed by atoms with Crippen LogP contribution in [-0.4, -0.2) is 37.1 Å². The lowest BCUT2D eigenvalue weighted by Crippen LogP contribution is -2.24. The molecule has 0 fully saturated rings. The van der Waals surface area contributed by atoms with Crippen LogP contribution in [0.15, 0.2) is 42.5 Å². The van der Waals surface area contributed by atoms with Crippen LogP contribution in [-0.2, 0) is 20.5 Å². The number of esters is 1. The number of methoxy groups -OCH3 is 1. The fourth-order valence-electron chi connectivity index (χ4n) is 2.18. The van der Waals surface area contributed by atoms with E-state index >= 15 is 0 Å². The van der Waals surface area contributed by atoms with Crippen LogP contribution in [0.25, 0.3) is 0 Å². The summed E-state index contributed by atoms with van der Waals surface area (Å²) >= 11 is 0. The van der Waals surface area contributed by atoms with Crippen molar-refractivity contribution in [3.05, 3.63) is 58.1 Å². The van der Waals surface area contributed by atoms with Crippen molar-refractivity contribution < 1.29 is 41.9 Å². The van der Waals surface area contributed by atoms with E-state index in [0.29, 0.717) is 0 Å². The summed E-state index contributed by atoms with van der Waals surface area (Å²) in [6, 6.07) is 7.42. The van der Waals surface area contributed by atoms with E-state index in [1.165, 1.54) is 19.2 Å². The van der Waals surface area contributed by atoms with Gasteiger partial charge in [-0.3, -0.25) is 14.9 Å². The molecule has 1 amide bonds. The molecule has 30 heavy (non-hydrogen) atoms. The molecule has 0 spiro atoms. The first-order valence-corrected chi connectivity index (χ1v) is 8.18. The number of anilines is 1. The highest BCUT2D eigenvalue weighted by atomic mass is 19.4. The number of nitro benzene ring substituents is 1. The number of ether oxygens (including phenoxy) is 3. The van der Waals surface area contributed by atoms with Gasteiger partial charge in [-0.05, 0) is 24.3 Å². The molecule has 0 bridgehead atoms. The zero-order valence-electron chi connectivity index (χ0n) is 15.4. The van der Waals surface area contributed by atoms with Gasteiger partial charge in [-0.1, -0.05) is 6.07 Å². The van der Waals surface area contributed by atoms with Crippen LogP contribution in [0.2, 0.25) is 0 Å². The number of carbonyl (C=O) groups excluding carboxylic acids is 2. The molecule has 1 N–H and O–H groups in total. The zero-order chi connectivity index (χ0) is 22.3. The van der Waals surface area contributed by atoms with E-state index in [4.69, 9.17) is 9.47 Å². The standard InChI is InChI=1S/C18H15F3N2O7/c1-28-15-8-12(23(26)27)5-6-14(15)22-16(24)9-30-17(25)10-29-13-4-2-3-11(7-13)18(19,20)21/h2-8H,9-10H2,1H3,(H,22,24). The first-order valence-electron chi connectivity index (χ1n) is 8.18. The third kappa shape index (κ3) is 6.36. The molecule has 12 heteroatoms. The maximum Gasteiger partial charge on any atom is 0.416 e. The average Bonchev–Trinajstić information content (AvgIpc) is 2.70. The van der Waals surface area contributed by atoms with Gasteiger partial charge >= 0.3 is 12.1 Å². The summed E-state index contributed by atoms with van der Waals surface area (Å²) < 4.78 is 52.5. The molecule has 0 radical (unpaired) electrons. The number of nitrogens with zero attached hydrogens (tertiary/aromatic N) is 1. The van der Waals surface area contributed by atoms with Crippen LogP contribution in [0.5, 0.6) is 11.5 Å². The summed E-state index contributed by atoms with van der Waals surface area (Å²) in [5.74, 6) is -1.92. The Bertz CT molecular complexity index is 948. The minimum absolute atomic E-state index is 0.0248. The van der Waals surface area contributed by atoms with Crippen molar-refractivity contribution >= 4 is 23.3 Å². The van der Waals surface area contributed by atoms with Gasteiger partial charge in [0.25, 0.3) is 11.6 Å². The maximum absolute atomic E-state index is 12.6. The third-order valence-electron chi connectivity index (χ3n) is 3.55. The van der Waals surface area contributed by atoms with Crippen LogP contribution in [0, 0.1) is 10.1 Å². The van der Waals surface area contributed by atoms with Gasteiger partial charge in [0.15, 0.2) is 13.2 Å². The second kappa shape index (κ2) is 9.58.